The third-order valence-corrected chi connectivity index (χ3v) is 4.25. The van der Waals surface area contributed by atoms with Gasteiger partial charge in [-0.3, -0.25) is 11.3 Å². The molecule has 1 unspecified atom stereocenters. The number of hydrazine groups is 1. The normalized spacial score (nSPS) is 13.4. The van der Waals surface area contributed by atoms with Gasteiger partial charge in [-0.1, -0.05) is 50.6 Å². The zero-order valence-corrected chi connectivity index (χ0v) is 13.4. The summed E-state index contributed by atoms with van der Waals surface area (Å²) >= 11 is 1.71. The number of benzene rings is 1. The minimum atomic E-state index is 0.101. The van der Waals surface area contributed by atoms with Crippen molar-refractivity contribution in [3.05, 3.63) is 51.5 Å². The fourth-order valence-electron chi connectivity index (χ4n) is 2.00. The van der Waals surface area contributed by atoms with E-state index in [1.807, 2.05) is 0 Å². The lowest BCUT2D eigenvalue weighted by atomic mass is 9.93. The van der Waals surface area contributed by atoms with E-state index in [-0.39, 0.29) is 11.5 Å². The molecule has 0 fully saturated rings. The molecule has 0 saturated heterocycles. The number of aromatic nitrogens is 1. The number of aryl methyl sites for hydroxylation is 1. The van der Waals surface area contributed by atoms with Gasteiger partial charge in [0.2, 0.25) is 0 Å². The minimum Gasteiger partial charge on any atom is -0.271 e. The summed E-state index contributed by atoms with van der Waals surface area (Å²) in [4.78, 5) is 4.74. The highest BCUT2D eigenvalue weighted by Gasteiger charge is 2.19. The van der Waals surface area contributed by atoms with Gasteiger partial charge >= 0.3 is 0 Å². The van der Waals surface area contributed by atoms with Gasteiger partial charge in [0.15, 0.2) is 0 Å². The SMILES string of the molecule is Cc1ccc(C(Cc2nc(C(C)(C)C)cs2)NN)cc1. The minimum absolute atomic E-state index is 0.101. The lowest BCUT2D eigenvalue weighted by molar-refractivity contribution is 0.541. The fourth-order valence-corrected chi connectivity index (χ4v) is 3.06. The van der Waals surface area contributed by atoms with Gasteiger partial charge in [0.25, 0.3) is 0 Å². The first-order valence-corrected chi connectivity index (χ1v) is 7.75. The summed E-state index contributed by atoms with van der Waals surface area (Å²) in [5.74, 6) is 5.71. The van der Waals surface area contributed by atoms with Crippen LogP contribution in [0.15, 0.2) is 29.6 Å². The van der Waals surface area contributed by atoms with Crippen LogP contribution in [0.2, 0.25) is 0 Å². The number of thiazole rings is 1. The van der Waals surface area contributed by atoms with E-state index in [4.69, 9.17) is 10.8 Å². The summed E-state index contributed by atoms with van der Waals surface area (Å²) in [5.41, 5.74) is 6.61. The molecular weight excluding hydrogens is 266 g/mol. The van der Waals surface area contributed by atoms with Crippen LogP contribution in [-0.2, 0) is 11.8 Å². The van der Waals surface area contributed by atoms with E-state index in [0.29, 0.717) is 0 Å². The van der Waals surface area contributed by atoms with Crippen molar-refractivity contribution in [3.63, 3.8) is 0 Å². The number of nitrogens with two attached hydrogens (primary N) is 1. The molecule has 1 aromatic heterocycles. The van der Waals surface area contributed by atoms with Crippen molar-refractivity contribution in [2.24, 2.45) is 5.84 Å². The largest absolute Gasteiger partial charge is 0.271 e. The molecule has 0 aliphatic rings. The Morgan fingerprint density at radius 3 is 2.40 bits per heavy atom. The maximum absolute atomic E-state index is 5.71. The smallest absolute Gasteiger partial charge is 0.0948 e. The molecule has 1 heterocycles. The van der Waals surface area contributed by atoms with Crippen LogP contribution in [0, 0.1) is 6.92 Å². The van der Waals surface area contributed by atoms with Crippen LogP contribution in [-0.4, -0.2) is 4.98 Å². The Bertz CT molecular complexity index is 552. The Morgan fingerprint density at radius 1 is 1.25 bits per heavy atom. The monoisotopic (exact) mass is 289 g/mol. The first-order valence-electron chi connectivity index (χ1n) is 6.87. The van der Waals surface area contributed by atoms with E-state index in [2.05, 4.69) is 62.8 Å². The number of nitrogens with zero attached hydrogens (tertiary/aromatic N) is 1. The fraction of sp³-hybridized carbons (Fsp3) is 0.438. The third-order valence-electron chi connectivity index (χ3n) is 3.38. The van der Waals surface area contributed by atoms with Crippen molar-refractivity contribution < 1.29 is 0 Å². The van der Waals surface area contributed by atoms with Crippen molar-refractivity contribution in [2.75, 3.05) is 0 Å². The summed E-state index contributed by atoms with van der Waals surface area (Å²) < 4.78 is 0. The second-order valence-corrected chi connectivity index (χ2v) is 7.15. The molecule has 1 aromatic carbocycles. The lowest BCUT2D eigenvalue weighted by Crippen LogP contribution is -2.29. The second-order valence-electron chi connectivity index (χ2n) is 6.21. The Morgan fingerprint density at radius 2 is 1.90 bits per heavy atom. The van der Waals surface area contributed by atoms with Crippen LogP contribution in [0.25, 0.3) is 0 Å². The predicted octanol–water partition coefficient (Wildman–Crippen LogP) is 3.50. The first-order chi connectivity index (χ1) is 9.40. The molecule has 0 radical (unpaired) electrons. The van der Waals surface area contributed by atoms with Crippen LogP contribution < -0.4 is 11.3 Å². The Balaban J connectivity index is 2.14. The maximum atomic E-state index is 5.71. The summed E-state index contributed by atoms with van der Waals surface area (Å²) in [5, 5.41) is 3.27. The number of hydrogen-bond donors (Lipinski definition) is 2. The Kier molecular flexibility index (Phi) is 4.58. The molecule has 2 aromatic rings. The van der Waals surface area contributed by atoms with Crippen molar-refractivity contribution in [3.8, 4) is 0 Å². The summed E-state index contributed by atoms with van der Waals surface area (Å²) in [6.07, 6.45) is 0.820. The van der Waals surface area contributed by atoms with Crippen LogP contribution in [0.1, 0.15) is 48.6 Å². The molecule has 0 bridgehead atoms. The van der Waals surface area contributed by atoms with E-state index in [9.17, 15) is 0 Å². The highest BCUT2D eigenvalue weighted by atomic mass is 32.1. The van der Waals surface area contributed by atoms with Crippen LogP contribution in [0.3, 0.4) is 0 Å². The Hall–Kier alpha value is -1.23. The van der Waals surface area contributed by atoms with Gasteiger partial charge in [-0.2, -0.15) is 0 Å². The van der Waals surface area contributed by atoms with Gasteiger partial charge in [-0.15, -0.1) is 11.3 Å². The first kappa shape index (κ1) is 15.2. The zero-order chi connectivity index (χ0) is 14.8. The van der Waals surface area contributed by atoms with Crippen molar-refractivity contribution in [1.29, 1.82) is 0 Å². The molecule has 0 amide bonds. The molecule has 2 rings (SSSR count). The Labute approximate surface area is 125 Å². The van der Waals surface area contributed by atoms with Crippen LogP contribution >= 0.6 is 11.3 Å². The highest BCUT2D eigenvalue weighted by Crippen LogP contribution is 2.26. The van der Waals surface area contributed by atoms with Gasteiger partial charge in [0.05, 0.1) is 16.7 Å². The van der Waals surface area contributed by atoms with Crippen LogP contribution in [0.5, 0.6) is 0 Å². The third kappa shape index (κ3) is 3.66. The van der Waals surface area contributed by atoms with Gasteiger partial charge in [0.1, 0.15) is 0 Å². The second kappa shape index (κ2) is 6.04. The van der Waals surface area contributed by atoms with E-state index in [0.717, 1.165) is 17.1 Å². The molecule has 0 aliphatic heterocycles. The van der Waals surface area contributed by atoms with E-state index in [1.165, 1.54) is 11.1 Å². The van der Waals surface area contributed by atoms with Crippen molar-refractivity contribution >= 4 is 11.3 Å². The average molecular weight is 289 g/mol. The molecule has 20 heavy (non-hydrogen) atoms. The topological polar surface area (TPSA) is 50.9 Å². The number of nitrogens with one attached hydrogen (secondary N) is 1. The lowest BCUT2D eigenvalue weighted by Gasteiger charge is -2.16. The molecule has 0 saturated carbocycles. The van der Waals surface area contributed by atoms with Crippen molar-refractivity contribution in [2.45, 2.75) is 45.6 Å². The molecule has 4 heteroatoms. The average Bonchev–Trinajstić information content (AvgIpc) is 2.85. The van der Waals surface area contributed by atoms with E-state index in [1.54, 1.807) is 11.3 Å². The maximum Gasteiger partial charge on any atom is 0.0948 e. The molecule has 3 N–H and O–H groups in total. The number of hydrogen-bond acceptors (Lipinski definition) is 4. The summed E-state index contributed by atoms with van der Waals surface area (Å²) in [6, 6.07) is 8.58. The zero-order valence-electron chi connectivity index (χ0n) is 12.6. The molecule has 1 atom stereocenters. The molecular formula is C16H23N3S. The summed E-state index contributed by atoms with van der Waals surface area (Å²) in [6.45, 7) is 8.64. The molecule has 3 nitrogen and oxygen atoms in total. The van der Waals surface area contributed by atoms with Crippen molar-refractivity contribution in [1.82, 2.24) is 10.4 Å². The summed E-state index contributed by atoms with van der Waals surface area (Å²) in [7, 11) is 0. The van der Waals surface area contributed by atoms with Gasteiger partial charge in [-0.05, 0) is 12.5 Å². The molecule has 0 spiro atoms. The standard InChI is InChI=1S/C16H23N3S/c1-11-5-7-12(8-6-11)13(19-17)9-15-18-14(10-20-15)16(2,3)4/h5-8,10,13,19H,9,17H2,1-4H3. The predicted molar refractivity (Wildman–Crippen MR) is 85.8 cm³/mol. The molecule has 108 valence electrons. The van der Waals surface area contributed by atoms with Gasteiger partial charge < -0.3 is 0 Å². The van der Waals surface area contributed by atoms with E-state index >= 15 is 0 Å². The van der Waals surface area contributed by atoms with Gasteiger partial charge in [0, 0.05) is 17.2 Å². The van der Waals surface area contributed by atoms with E-state index < -0.39 is 0 Å². The van der Waals surface area contributed by atoms with Gasteiger partial charge in [-0.25, -0.2) is 4.98 Å². The molecule has 0 aliphatic carbocycles. The highest BCUT2D eigenvalue weighted by molar-refractivity contribution is 7.09. The van der Waals surface area contributed by atoms with Crippen LogP contribution in [0.4, 0.5) is 0 Å². The number of rotatable bonds is 4. The quantitative estimate of drug-likeness (QED) is 0.669.